The van der Waals surface area contributed by atoms with Gasteiger partial charge in [-0.1, -0.05) is 23.4 Å². The maximum Gasteiger partial charge on any atom is 0.416 e. The SMILES string of the molecule is O=C(CSc1nnnn1-c1ccc(Cl)cc1)Nc1ccc(C(F)(F)F)cc1[N+](=O)[O-]. The van der Waals surface area contributed by atoms with Crippen LogP contribution >= 0.6 is 23.4 Å². The second-order valence-electron chi connectivity index (χ2n) is 5.67. The van der Waals surface area contributed by atoms with Gasteiger partial charge in [-0.3, -0.25) is 14.9 Å². The highest BCUT2D eigenvalue weighted by Crippen LogP contribution is 2.35. The average Bonchev–Trinajstić information content (AvgIpc) is 3.15. The van der Waals surface area contributed by atoms with Crippen LogP contribution in [0, 0.1) is 10.1 Å². The Labute approximate surface area is 175 Å². The molecule has 0 unspecified atom stereocenters. The number of nitro benzene ring substituents is 1. The highest BCUT2D eigenvalue weighted by Gasteiger charge is 2.33. The minimum Gasteiger partial charge on any atom is -0.320 e. The van der Waals surface area contributed by atoms with Gasteiger partial charge in [0.25, 0.3) is 5.69 Å². The van der Waals surface area contributed by atoms with Crippen LogP contribution in [0.5, 0.6) is 0 Å². The van der Waals surface area contributed by atoms with Gasteiger partial charge in [0.15, 0.2) is 0 Å². The van der Waals surface area contributed by atoms with Crippen LogP contribution in [0.1, 0.15) is 5.56 Å². The van der Waals surface area contributed by atoms with Crippen molar-refractivity contribution in [3.63, 3.8) is 0 Å². The summed E-state index contributed by atoms with van der Waals surface area (Å²) in [6.07, 6.45) is -4.75. The molecule has 0 bridgehead atoms. The maximum atomic E-state index is 12.8. The number of halogens is 4. The Morgan fingerprint density at radius 3 is 2.57 bits per heavy atom. The van der Waals surface area contributed by atoms with E-state index in [4.69, 9.17) is 11.6 Å². The van der Waals surface area contributed by atoms with Crippen LogP contribution in [0.3, 0.4) is 0 Å². The summed E-state index contributed by atoms with van der Waals surface area (Å²) in [6.45, 7) is 0. The van der Waals surface area contributed by atoms with Crippen molar-refractivity contribution < 1.29 is 22.9 Å². The number of amides is 1. The van der Waals surface area contributed by atoms with Crippen LogP contribution < -0.4 is 5.32 Å². The predicted octanol–water partition coefficient (Wildman–Crippen LogP) is 3.97. The lowest BCUT2D eigenvalue weighted by Crippen LogP contribution is -2.16. The molecule has 0 radical (unpaired) electrons. The van der Waals surface area contributed by atoms with E-state index in [1.165, 1.54) is 4.68 Å². The van der Waals surface area contributed by atoms with Crippen molar-refractivity contribution in [2.75, 3.05) is 11.1 Å². The molecular weight excluding hydrogens is 449 g/mol. The molecule has 3 aromatic rings. The number of nitro groups is 1. The van der Waals surface area contributed by atoms with E-state index in [9.17, 15) is 28.1 Å². The van der Waals surface area contributed by atoms with Gasteiger partial charge >= 0.3 is 6.18 Å². The Morgan fingerprint density at radius 1 is 1.23 bits per heavy atom. The van der Waals surface area contributed by atoms with Crippen LogP contribution in [0.4, 0.5) is 24.5 Å². The third-order valence-electron chi connectivity index (χ3n) is 3.64. The summed E-state index contributed by atoms with van der Waals surface area (Å²) >= 11 is 6.77. The number of nitrogens with zero attached hydrogens (tertiary/aromatic N) is 5. The molecule has 156 valence electrons. The zero-order valence-corrected chi connectivity index (χ0v) is 16.2. The van der Waals surface area contributed by atoms with E-state index < -0.39 is 28.3 Å². The van der Waals surface area contributed by atoms with E-state index in [1.807, 2.05) is 0 Å². The second-order valence-corrected chi connectivity index (χ2v) is 7.05. The van der Waals surface area contributed by atoms with Gasteiger partial charge in [0.1, 0.15) is 5.69 Å². The van der Waals surface area contributed by atoms with E-state index >= 15 is 0 Å². The summed E-state index contributed by atoms with van der Waals surface area (Å²) in [6, 6.07) is 8.43. The van der Waals surface area contributed by atoms with Gasteiger partial charge in [0.05, 0.1) is 21.9 Å². The summed E-state index contributed by atoms with van der Waals surface area (Å²) in [5.41, 5.74) is -1.82. The molecule has 0 aliphatic heterocycles. The summed E-state index contributed by atoms with van der Waals surface area (Å²) in [4.78, 5) is 22.3. The van der Waals surface area contributed by atoms with Crippen LogP contribution in [-0.2, 0) is 11.0 Å². The van der Waals surface area contributed by atoms with Crippen molar-refractivity contribution in [3.8, 4) is 5.69 Å². The molecule has 0 aliphatic rings. The first-order chi connectivity index (χ1) is 14.1. The largest absolute Gasteiger partial charge is 0.416 e. The Morgan fingerprint density at radius 2 is 1.93 bits per heavy atom. The number of alkyl halides is 3. The molecule has 0 spiro atoms. The number of carbonyl (C=O) groups is 1. The Balaban J connectivity index is 1.71. The molecular formula is C16H10ClF3N6O3S. The number of thioether (sulfide) groups is 1. The molecule has 1 aromatic heterocycles. The standard InChI is InChI=1S/C16H10ClF3N6O3S/c17-10-2-4-11(5-3-10)25-15(22-23-24-25)30-8-14(27)21-12-6-1-9(16(18,19)20)7-13(12)26(28)29/h1-7H,8H2,(H,21,27). The molecule has 2 aromatic carbocycles. The first-order valence-electron chi connectivity index (χ1n) is 7.98. The highest BCUT2D eigenvalue weighted by molar-refractivity contribution is 7.99. The number of rotatable bonds is 6. The smallest absolute Gasteiger partial charge is 0.320 e. The number of carbonyl (C=O) groups excluding carboxylic acids is 1. The minimum absolute atomic E-state index is 0.244. The zero-order valence-electron chi connectivity index (χ0n) is 14.6. The van der Waals surface area contributed by atoms with Gasteiger partial charge in [-0.05, 0) is 46.8 Å². The van der Waals surface area contributed by atoms with Crippen molar-refractivity contribution in [2.45, 2.75) is 11.3 Å². The van der Waals surface area contributed by atoms with Gasteiger partial charge < -0.3 is 5.32 Å². The Bertz CT molecular complexity index is 1090. The van der Waals surface area contributed by atoms with E-state index in [2.05, 4.69) is 20.8 Å². The van der Waals surface area contributed by atoms with E-state index in [1.54, 1.807) is 24.3 Å². The first kappa shape index (κ1) is 21.5. The molecule has 9 nitrogen and oxygen atoms in total. The van der Waals surface area contributed by atoms with Crippen LogP contribution in [0.15, 0.2) is 47.6 Å². The lowest BCUT2D eigenvalue weighted by Gasteiger charge is -2.10. The molecule has 0 aliphatic carbocycles. The van der Waals surface area contributed by atoms with E-state index in [-0.39, 0.29) is 16.6 Å². The number of hydrogen-bond acceptors (Lipinski definition) is 7. The summed E-state index contributed by atoms with van der Waals surface area (Å²) in [5.74, 6) is -0.930. The quantitative estimate of drug-likeness (QED) is 0.337. The van der Waals surface area contributed by atoms with Crippen LogP contribution in [-0.4, -0.2) is 36.8 Å². The topological polar surface area (TPSA) is 116 Å². The van der Waals surface area contributed by atoms with Gasteiger partial charge in [0, 0.05) is 11.1 Å². The molecule has 0 fully saturated rings. The fraction of sp³-hybridized carbons (Fsp3) is 0.125. The third-order valence-corrected chi connectivity index (χ3v) is 4.81. The van der Waals surface area contributed by atoms with Crippen LogP contribution in [0.2, 0.25) is 5.02 Å². The van der Waals surface area contributed by atoms with Gasteiger partial charge in [0.2, 0.25) is 11.1 Å². The van der Waals surface area contributed by atoms with Crippen molar-refractivity contribution in [1.82, 2.24) is 20.2 Å². The summed E-state index contributed by atoms with van der Waals surface area (Å²) in [7, 11) is 0. The van der Waals surface area contributed by atoms with Crippen molar-refractivity contribution in [3.05, 3.63) is 63.2 Å². The molecule has 14 heteroatoms. The lowest BCUT2D eigenvalue weighted by molar-refractivity contribution is -0.384. The number of anilines is 1. The highest BCUT2D eigenvalue weighted by atomic mass is 35.5. The van der Waals surface area contributed by atoms with E-state index in [0.717, 1.165) is 17.8 Å². The summed E-state index contributed by atoms with van der Waals surface area (Å²) < 4.78 is 39.6. The average molecular weight is 459 g/mol. The molecule has 0 atom stereocenters. The van der Waals surface area contributed by atoms with E-state index in [0.29, 0.717) is 22.8 Å². The van der Waals surface area contributed by atoms with Gasteiger partial charge in [-0.25, -0.2) is 0 Å². The van der Waals surface area contributed by atoms with Crippen molar-refractivity contribution in [1.29, 1.82) is 0 Å². The number of nitrogens with one attached hydrogen (secondary N) is 1. The third kappa shape index (κ3) is 5.04. The fourth-order valence-electron chi connectivity index (χ4n) is 2.29. The molecule has 0 saturated carbocycles. The number of benzene rings is 2. The van der Waals surface area contributed by atoms with Gasteiger partial charge in [-0.2, -0.15) is 17.9 Å². The normalized spacial score (nSPS) is 11.3. The molecule has 1 amide bonds. The minimum atomic E-state index is -4.75. The molecule has 1 N–H and O–H groups in total. The van der Waals surface area contributed by atoms with Gasteiger partial charge in [-0.15, -0.1) is 5.10 Å². The fourth-order valence-corrected chi connectivity index (χ4v) is 3.11. The lowest BCUT2D eigenvalue weighted by atomic mass is 10.1. The predicted molar refractivity (Wildman–Crippen MR) is 102 cm³/mol. The molecule has 30 heavy (non-hydrogen) atoms. The Kier molecular flexibility index (Phi) is 6.22. The second kappa shape index (κ2) is 8.67. The van der Waals surface area contributed by atoms with Crippen LogP contribution in [0.25, 0.3) is 5.69 Å². The molecule has 0 saturated heterocycles. The van der Waals surface area contributed by atoms with Crippen molar-refractivity contribution in [2.24, 2.45) is 0 Å². The maximum absolute atomic E-state index is 12.8. The Hall–Kier alpha value is -3.19. The summed E-state index contributed by atoms with van der Waals surface area (Å²) in [5, 5.41) is 25.2. The van der Waals surface area contributed by atoms with Crippen molar-refractivity contribution >= 4 is 40.6 Å². The monoisotopic (exact) mass is 458 g/mol. The first-order valence-corrected chi connectivity index (χ1v) is 9.34. The zero-order chi connectivity index (χ0) is 21.9. The number of hydrogen-bond donors (Lipinski definition) is 1. The molecule has 1 heterocycles. The molecule has 3 rings (SSSR count). The number of tetrazole rings is 1. The number of aromatic nitrogens is 4.